The molecule has 0 aromatic heterocycles. The van der Waals surface area contributed by atoms with Crippen molar-refractivity contribution in [1.29, 1.82) is 0 Å². The van der Waals surface area contributed by atoms with E-state index in [1.165, 1.54) is 12.8 Å². The first-order valence-corrected chi connectivity index (χ1v) is 7.93. The first-order valence-electron chi connectivity index (χ1n) is 6.55. The Kier molecular flexibility index (Phi) is 4.56. The van der Waals surface area contributed by atoms with Crippen LogP contribution in [0.4, 0.5) is 0 Å². The molecule has 98 valence electrons. The van der Waals surface area contributed by atoms with Gasteiger partial charge in [0.15, 0.2) is 0 Å². The molecule has 1 amide bonds. The summed E-state index contributed by atoms with van der Waals surface area (Å²) < 4.78 is 12.0. The molecule has 17 heavy (non-hydrogen) atoms. The van der Waals surface area contributed by atoms with Crippen LogP contribution in [0.25, 0.3) is 0 Å². The van der Waals surface area contributed by atoms with Gasteiger partial charge in [0.2, 0.25) is 5.91 Å². The smallest absolute Gasteiger partial charge is 0.235 e. The van der Waals surface area contributed by atoms with E-state index < -0.39 is 10.8 Å². The number of hydrogen-bond acceptors (Lipinski definition) is 3. The molecule has 1 saturated heterocycles. The average molecular weight is 258 g/mol. The number of amides is 1. The Morgan fingerprint density at radius 2 is 2.06 bits per heavy atom. The topological polar surface area (TPSA) is 58.2 Å². The van der Waals surface area contributed by atoms with E-state index in [1.54, 1.807) is 6.92 Å². The van der Waals surface area contributed by atoms with Crippen LogP contribution in [0.5, 0.6) is 0 Å². The Bertz CT molecular complexity index is 299. The van der Waals surface area contributed by atoms with Gasteiger partial charge < -0.3 is 10.6 Å². The number of rotatable bonds is 5. The molecule has 2 rings (SSSR count). The van der Waals surface area contributed by atoms with Crippen molar-refractivity contribution in [3.63, 3.8) is 0 Å². The van der Waals surface area contributed by atoms with Gasteiger partial charge in [-0.05, 0) is 25.7 Å². The lowest BCUT2D eigenvalue weighted by Crippen LogP contribution is -2.47. The van der Waals surface area contributed by atoms with E-state index in [-0.39, 0.29) is 11.2 Å². The highest BCUT2D eigenvalue weighted by molar-refractivity contribution is 7.86. The predicted octanol–water partition coefficient (Wildman–Crippen LogP) is 0.402. The van der Waals surface area contributed by atoms with Gasteiger partial charge in [0, 0.05) is 35.7 Å². The SMILES string of the molecule is CC(C(=O)NC1CCCC1)S(=O)CC1CNC1. The van der Waals surface area contributed by atoms with Crippen molar-refractivity contribution in [2.75, 3.05) is 18.8 Å². The molecule has 2 fully saturated rings. The number of carbonyl (C=O) groups is 1. The number of carbonyl (C=O) groups excluding carboxylic acids is 1. The van der Waals surface area contributed by atoms with E-state index in [0.29, 0.717) is 17.7 Å². The fourth-order valence-electron chi connectivity index (χ4n) is 2.35. The molecule has 0 radical (unpaired) electrons. The Balaban J connectivity index is 1.74. The Morgan fingerprint density at radius 3 is 2.59 bits per heavy atom. The summed E-state index contributed by atoms with van der Waals surface area (Å²) in [4.78, 5) is 11.9. The zero-order valence-corrected chi connectivity index (χ0v) is 11.2. The molecule has 2 unspecified atom stereocenters. The molecule has 0 bridgehead atoms. The molecule has 0 spiro atoms. The summed E-state index contributed by atoms with van der Waals surface area (Å²) in [5.41, 5.74) is 0. The van der Waals surface area contributed by atoms with Crippen LogP contribution < -0.4 is 10.6 Å². The average Bonchev–Trinajstić information content (AvgIpc) is 2.74. The van der Waals surface area contributed by atoms with Crippen LogP contribution in [-0.2, 0) is 15.6 Å². The summed E-state index contributed by atoms with van der Waals surface area (Å²) in [7, 11) is -1.03. The maximum atomic E-state index is 12.0. The lowest BCUT2D eigenvalue weighted by Gasteiger charge is -2.27. The van der Waals surface area contributed by atoms with Gasteiger partial charge >= 0.3 is 0 Å². The molecule has 1 heterocycles. The summed E-state index contributed by atoms with van der Waals surface area (Å²) in [5.74, 6) is 1.13. The molecule has 0 aromatic carbocycles. The van der Waals surface area contributed by atoms with Crippen LogP contribution >= 0.6 is 0 Å². The molecule has 4 nitrogen and oxygen atoms in total. The zero-order valence-electron chi connectivity index (χ0n) is 10.4. The molecular formula is C12H22N2O2S. The van der Waals surface area contributed by atoms with Gasteiger partial charge in [-0.3, -0.25) is 9.00 Å². The molecule has 1 aliphatic carbocycles. The standard InChI is InChI=1S/C12H22N2O2S/c1-9(17(16)8-10-6-13-7-10)12(15)14-11-4-2-3-5-11/h9-11,13H,2-8H2,1H3,(H,14,15). The Hall–Kier alpha value is -0.420. The van der Waals surface area contributed by atoms with Crippen molar-refractivity contribution in [3.8, 4) is 0 Å². The van der Waals surface area contributed by atoms with Crippen LogP contribution in [0.1, 0.15) is 32.6 Å². The largest absolute Gasteiger partial charge is 0.352 e. The first kappa shape index (κ1) is 13.0. The van der Waals surface area contributed by atoms with Gasteiger partial charge in [-0.2, -0.15) is 0 Å². The molecule has 2 aliphatic rings. The second-order valence-corrected chi connectivity index (χ2v) is 7.01. The van der Waals surface area contributed by atoms with E-state index in [2.05, 4.69) is 10.6 Å². The van der Waals surface area contributed by atoms with Crippen LogP contribution in [0.15, 0.2) is 0 Å². The Labute approximate surface area is 105 Å². The maximum absolute atomic E-state index is 12.0. The van der Waals surface area contributed by atoms with E-state index >= 15 is 0 Å². The van der Waals surface area contributed by atoms with Crippen molar-refractivity contribution in [2.45, 2.75) is 43.9 Å². The second kappa shape index (κ2) is 5.96. The summed E-state index contributed by atoms with van der Waals surface area (Å²) in [6.45, 7) is 3.68. The van der Waals surface area contributed by atoms with Crippen molar-refractivity contribution >= 4 is 16.7 Å². The third-order valence-electron chi connectivity index (χ3n) is 3.73. The van der Waals surface area contributed by atoms with Crippen molar-refractivity contribution in [2.24, 2.45) is 5.92 Å². The Morgan fingerprint density at radius 1 is 1.41 bits per heavy atom. The van der Waals surface area contributed by atoms with Crippen LogP contribution in [0, 0.1) is 5.92 Å². The van der Waals surface area contributed by atoms with E-state index in [0.717, 1.165) is 25.9 Å². The fourth-order valence-corrected chi connectivity index (χ4v) is 3.65. The van der Waals surface area contributed by atoms with Gasteiger partial charge in [0.05, 0.1) is 0 Å². The fraction of sp³-hybridized carbons (Fsp3) is 0.917. The molecule has 1 aliphatic heterocycles. The third kappa shape index (κ3) is 3.52. The van der Waals surface area contributed by atoms with E-state index in [9.17, 15) is 9.00 Å². The van der Waals surface area contributed by atoms with Gasteiger partial charge in [0.1, 0.15) is 5.25 Å². The highest BCUT2D eigenvalue weighted by Crippen LogP contribution is 2.18. The monoisotopic (exact) mass is 258 g/mol. The van der Waals surface area contributed by atoms with Crippen molar-refractivity contribution in [1.82, 2.24) is 10.6 Å². The van der Waals surface area contributed by atoms with Crippen LogP contribution in [0.2, 0.25) is 0 Å². The quantitative estimate of drug-likeness (QED) is 0.750. The molecule has 2 N–H and O–H groups in total. The molecule has 2 atom stereocenters. The third-order valence-corrected chi connectivity index (χ3v) is 5.53. The van der Waals surface area contributed by atoms with Gasteiger partial charge in [-0.25, -0.2) is 0 Å². The van der Waals surface area contributed by atoms with E-state index in [1.807, 2.05) is 0 Å². The number of nitrogens with one attached hydrogen (secondary N) is 2. The normalized spacial score (nSPS) is 25.2. The van der Waals surface area contributed by atoms with Gasteiger partial charge in [-0.1, -0.05) is 12.8 Å². The molecule has 1 saturated carbocycles. The van der Waals surface area contributed by atoms with Gasteiger partial charge in [0.25, 0.3) is 0 Å². The summed E-state index contributed by atoms with van der Waals surface area (Å²) in [6, 6.07) is 0.326. The highest BCUT2D eigenvalue weighted by atomic mass is 32.2. The maximum Gasteiger partial charge on any atom is 0.235 e. The lowest BCUT2D eigenvalue weighted by atomic mass is 10.1. The summed E-state index contributed by atoms with van der Waals surface area (Å²) in [6.07, 6.45) is 4.57. The van der Waals surface area contributed by atoms with Crippen molar-refractivity contribution < 1.29 is 9.00 Å². The lowest BCUT2D eigenvalue weighted by molar-refractivity contribution is -0.121. The molecule has 5 heteroatoms. The zero-order chi connectivity index (χ0) is 12.3. The van der Waals surface area contributed by atoms with Crippen LogP contribution in [-0.4, -0.2) is 40.3 Å². The first-order chi connectivity index (χ1) is 8.16. The second-order valence-electron chi connectivity index (χ2n) is 5.20. The predicted molar refractivity (Wildman–Crippen MR) is 69.2 cm³/mol. The number of hydrogen-bond donors (Lipinski definition) is 2. The molecule has 0 aromatic rings. The van der Waals surface area contributed by atoms with E-state index in [4.69, 9.17) is 0 Å². The minimum absolute atomic E-state index is 0.0254. The summed E-state index contributed by atoms with van der Waals surface area (Å²) >= 11 is 0. The highest BCUT2D eigenvalue weighted by Gasteiger charge is 2.27. The molecular weight excluding hydrogens is 236 g/mol. The van der Waals surface area contributed by atoms with Gasteiger partial charge in [-0.15, -0.1) is 0 Å². The summed E-state index contributed by atoms with van der Waals surface area (Å²) in [5, 5.41) is 5.82. The van der Waals surface area contributed by atoms with Crippen LogP contribution in [0.3, 0.4) is 0 Å². The van der Waals surface area contributed by atoms with Crippen molar-refractivity contribution in [3.05, 3.63) is 0 Å². The minimum Gasteiger partial charge on any atom is -0.352 e. The minimum atomic E-state index is -1.03.